The van der Waals surface area contributed by atoms with Gasteiger partial charge in [0.15, 0.2) is 5.65 Å². The molecule has 8 nitrogen and oxygen atoms in total. The number of hydrogen-bond donors (Lipinski definition) is 3. The van der Waals surface area contributed by atoms with Crippen LogP contribution in [0.1, 0.15) is 20.8 Å². The Labute approximate surface area is 155 Å². The lowest BCUT2D eigenvalue weighted by Gasteiger charge is -2.20. The summed E-state index contributed by atoms with van der Waals surface area (Å²) >= 11 is 0. The maximum atomic E-state index is 12.9. The summed E-state index contributed by atoms with van der Waals surface area (Å²) in [6.45, 7) is 6.01. The smallest absolute Gasteiger partial charge is 0.263 e. The predicted molar refractivity (Wildman–Crippen MR) is 99.5 cm³/mol. The Bertz CT molecular complexity index is 975. The number of halogens is 1. The number of benzene rings is 1. The Morgan fingerprint density at radius 2 is 2.04 bits per heavy atom. The van der Waals surface area contributed by atoms with Gasteiger partial charge in [0.2, 0.25) is 5.95 Å². The number of rotatable bonds is 6. The molecular formula is C18H22FN5O3. The fourth-order valence-corrected chi connectivity index (χ4v) is 2.49. The Morgan fingerprint density at radius 3 is 2.70 bits per heavy atom. The second-order valence-corrected chi connectivity index (χ2v) is 7.18. The average Bonchev–Trinajstić information content (AvgIpc) is 3.04. The van der Waals surface area contributed by atoms with Gasteiger partial charge in [-0.25, -0.2) is 9.07 Å². The number of nitrogens with one attached hydrogen (secondary N) is 2. The molecule has 1 unspecified atom stereocenters. The minimum atomic E-state index is -0.858. The molecule has 2 aromatic heterocycles. The summed E-state index contributed by atoms with van der Waals surface area (Å²) in [7, 11) is 0. The summed E-state index contributed by atoms with van der Waals surface area (Å²) in [5.41, 5.74) is -0.177. The van der Waals surface area contributed by atoms with E-state index in [0.717, 1.165) is 0 Å². The highest BCUT2D eigenvalue weighted by Crippen LogP contribution is 2.18. The Kier molecular flexibility index (Phi) is 5.13. The normalized spacial score (nSPS) is 12.9. The molecule has 2 heterocycles. The number of aliphatic hydroxyl groups is 1. The van der Waals surface area contributed by atoms with Crippen LogP contribution in [0.3, 0.4) is 0 Å². The van der Waals surface area contributed by atoms with Crippen LogP contribution in [-0.4, -0.2) is 44.1 Å². The molecule has 0 fully saturated rings. The van der Waals surface area contributed by atoms with Gasteiger partial charge in [-0.1, -0.05) is 0 Å². The van der Waals surface area contributed by atoms with E-state index in [1.807, 2.05) is 20.8 Å². The van der Waals surface area contributed by atoms with Crippen molar-refractivity contribution >= 4 is 17.0 Å². The first-order valence-corrected chi connectivity index (χ1v) is 8.53. The van der Waals surface area contributed by atoms with Crippen LogP contribution in [-0.2, 0) is 5.54 Å². The number of H-pyrrole nitrogens is 1. The number of anilines is 1. The topological polar surface area (TPSA) is 105 Å². The zero-order valence-corrected chi connectivity index (χ0v) is 15.4. The van der Waals surface area contributed by atoms with Crippen LogP contribution in [0.25, 0.3) is 11.0 Å². The van der Waals surface area contributed by atoms with Crippen molar-refractivity contribution in [2.45, 2.75) is 32.4 Å². The van der Waals surface area contributed by atoms with Crippen molar-refractivity contribution in [1.29, 1.82) is 0 Å². The van der Waals surface area contributed by atoms with Gasteiger partial charge in [-0.3, -0.25) is 9.78 Å². The molecule has 0 saturated heterocycles. The summed E-state index contributed by atoms with van der Waals surface area (Å²) in [5, 5.41) is 17.6. The fourth-order valence-electron chi connectivity index (χ4n) is 2.49. The molecule has 0 amide bonds. The molecule has 0 saturated carbocycles. The van der Waals surface area contributed by atoms with Crippen molar-refractivity contribution in [2.75, 3.05) is 18.5 Å². The zero-order chi connectivity index (χ0) is 19.6. The van der Waals surface area contributed by atoms with E-state index in [-0.39, 0.29) is 36.0 Å². The molecule has 0 bridgehead atoms. The first-order valence-electron chi connectivity index (χ1n) is 8.53. The standard InChI is InChI=1S/C18H22FN5O3/c1-18(2,3)24-15-14(9-21-24)16(26)23-17(22-15)20-8-12(25)10-27-13-6-4-11(19)5-7-13/h4-7,9,12,25H,8,10H2,1-3H3,(H2,20,22,23,26). The van der Waals surface area contributed by atoms with Gasteiger partial charge in [0.25, 0.3) is 5.56 Å². The molecular weight excluding hydrogens is 353 g/mol. The third kappa shape index (κ3) is 4.43. The first kappa shape index (κ1) is 18.8. The second kappa shape index (κ2) is 7.36. The first-order chi connectivity index (χ1) is 12.7. The third-order valence-corrected chi connectivity index (χ3v) is 3.83. The van der Waals surface area contributed by atoms with Gasteiger partial charge in [-0.05, 0) is 45.0 Å². The second-order valence-electron chi connectivity index (χ2n) is 7.18. The fraction of sp³-hybridized carbons (Fsp3) is 0.389. The summed E-state index contributed by atoms with van der Waals surface area (Å²) in [4.78, 5) is 19.2. The van der Waals surface area contributed by atoms with Crippen LogP contribution in [0, 0.1) is 5.82 Å². The van der Waals surface area contributed by atoms with Crippen molar-refractivity contribution in [3.8, 4) is 5.75 Å². The molecule has 3 aromatic rings. The van der Waals surface area contributed by atoms with Crippen molar-refractivity contribution < 1.29 is 14.2 Å². The number of fused-ring (bicyclic) bond motifs is 1. The van der Waals surface area contributed by atoms with Crippen LogP contribution in [0.2, 0.25) is 0 Å². The maximum Gasteiger partial charge on any atom is 0.263 e. The Morgan fingerprint density at radius 1 is 1.33 bits per heavy atom. The van der Waals surface area contributed by atoms with Crippen LogP contribution >= 0.6 is 0 Å². The van der Waals surface area contributed by atoms with Gasteiger partial charge in [-0.15, -0.1) is 0 Å². The lowest BCUT2D eigenvalue weighted by Crippen LogP contribution is -2.28. The van der Waals surface area contributed by atoms with E-state index in [1.54, 1.807) is 4.68 Å². The summed E-state index contributed by atoms with van der Waals surface area (Å²) in [6.07, 6.45) is 0.630. The molecule has 0 aliphatic rings. The van der Waals surface area contributed by atoms with Crippen molar-refractivity contribution in [3.63, 3.8) is 0 Å². The van der Waals surface area contributed by atoms with Gasteiger partial charge in [0.05, 0.1) is 11.7 Å². The number of hydrogen-bond acceptors (Lipinski definition) is 6. The highest BCUT2D eigenvalue weighted by atomic mass is 19.1. The van der Waals surface area contributed by atoms with Crippen molar-refractivity contribution in [3.05, 3.63) is 46.6 Å². The van der Waals surface area contributed by atoms with Gasteiger partial charge in [0.1, 0.15) is 29.7 Å². The van der Waals surface area contributed by atoms with Crippen LogP contribution in [0.4, 0.5) is 10.3 Å². The summed E-state index contributed by atoms with van der Waals surface area (Å²) < 4.78 is 19.9. The largest absolute Gasteiger partial charge is 0.491 e. The quantitative estimate of drug-likeness (QED) is 0.607. The Hall–Kier alpha value is -2.94. The predicted octanol–water partition coefficient (Wildman–Crippen LogP) is 1.87. The van der Waals surface area contributed by atoms with E-state index >= 15 is 0 Å². The lowest BCUT2D eigenvalue weighted by molar-refractivity contribution is 0.117. The van der Waals surface area contributed by atoms with Gasteiger partial charge in [0, 0.05) is 6.54 Å². The van der Waals surface area contributed by atoms with Crippen molar-refractivity contribution in [1.82, 2.24) is 19.7 Å². The molecule has 1 aromatic carbocycles. The maximum absolute atomic E-state index is 12.9. The number of nitrogens with zero attached hydrogens (tertiary/aromatic N) is 3. The van der Waals surface area contributed by atoms with Gasteiger partial charge in [-0.2, -0.15) is 10.1 Å². The monoisotopic (exact) mass is 375 g/mol. The van der Waals surface area contributed by atoms with E-state index < -0.39 is 6.10 Å². The van der Waals surface area contributed by atoms with E-state index in [4.69, 9.17) is 4.74 Å². The summed E-state index contributed by atoms with van der Waals surface area (Å²) in [5.74, 6) is 0.335. The van der Waals surface area contributed by atoms with E-state index in [9.17, 15) is 14.3 Å². The van der Waals surface area contributed by atoms with Gasteiger partial charge >= 0.3 is 0 Å². The van der Waals surface area contributed by atoms with Crippen LogP contribution < -0.4 is 15.6 Å². The molecule has 3 N–H and O–H groups in total. The van der Waals surface area contributed by atoms with E-state index in [0.29, 0.717) is 16.8 Å². The minimum Gasteiger partial charge on any atom is -0.491 e. The summed E-state index contributed by atoms with van der Waals surface area (Å²) in [6, 6.07) is 5.52. The highest BCUT2D eigenvalue weighted by Gasteiger charge is 2.20. The molecule has 27 heavy (non-hydrogen) atoms. The van der Waals surface area contributed by atoms with E-state index in [2.05, 4.69) is 20.4 Å². The average molecular weight is 375 g/mol. The number of aromatic amines is 1. The number of aliphatic hydroxyl groups excluding tert-OH is 1. The number of ether oxygens (including phenoxy) is 1. The molecule has 0 aliphatic heterocycles. The molecule has 0 spiro atoms. The molecule has 9 heteroatoms. The SMILES string of the molecule is CC(C)(C)n1ncc2c(=O)[nH]c(NCC(O)COc3ccc(F)cc3)nc21. The molecule has 3 rings (SSSR count). The molecule has 0 radical (unpaired) electrons. The van der Waals surface area contributed by atoms with Crippen LogP contribution in [0.15, 0.2) is 35.3 Å². The Balaban J connectivity index is 1.65. The van der Waals surface area contributed by atoms with E-state index in [1.165, 1.54) is 30.5 Å². The van der Waals surface area contributed by atoms with Crippen LogP contribution in [0.5, 0.6) is 5.75 Å². The lowest BCUT2D eigenvalue weighted by atomic mass is 10.1. The zero-order valence-electron chi connectivity index (χ0n) is 15.4. The van der Waals surface area contributed by atoms with Gasteiger partial charge < -0.3 is 15.2 Å². The molecule has 144 valence electrons. The van der Waals surface area contributed by atoms with Crippen molar-refractivity contribution in [2.24, 2.45) is 0 Å². The molecule has 1 atom stereocenters. The third-order valence-electron chi connectivity index (χ3n) is 3.83. The molecule has 0 aliphatic carbocycles. The number of aromatic nitrogens is 4. The minimum absolute atomic E-state index is 0.00499. The highest BCUT2D eigenvalue weighted by molar-refractivity contribution is 5.74.